The van der Waals surface area contributed by atoms with Crippen molar-refractivity contribution in [1.29, 1.82) is 0 Å². The molecule has 16 heavy (non-hydrogen) atoms. The number of nitrogens with zero attached hydrogens (tertiary/aromatic N) is 2. The minimum absolute atomic E-state index is 0.205. The Balaban J connectivity index is 1.94. The van der Waals surface area contributed by atoms with Crippen LogP contribution in [0.3, 0.4) is 0 Å². The lowest BCUT2D eigenvalue weighted by atomic mass is 10.1. The standard InChI is InChI=1S/C12H21N3S/c1-12(2,3)14-9-10-5-4-7-15(10)11-13-6-8-16-11/h6,8,10,14H,4-5,7,9H2,1-3H3. The molecule has 0 aromatic carbocycles. The number of nitrogens with one attached hydrogen (secondary N) is 1. The summed E-state index contributed by atoms with van der Waals surface area (Å²) in [6.45, 7) is 8.87. The highest BCUT2D eigenvalue weighted by atomic mass is 32.1. The average molecular weight is 239 g/mol. The number of hydrogen-bond donors (Lipinski definition) is 1. The zero-order valence-electron chi connectivity index (χ0n) is 10.4. The summed E-state index contributed by atoms with van der Waals surface area (Å²) in [5, 5.41) is 6.83. The summed E-state index contributed by atoms with van der Waals surface area (Å²) in [5.41, 5.74) is 0.205. The molecule has 90 valence electrons. The van der Waals surface area contributed by atoms with Gasteiger partial charge in [-0.05, 0) is 33.6 Å². The minimum Gasteiger partial charge on any atom is -0.344 e. The van der Waals surface area contributed by atoms with Gasteiger partial charge in [-0.1, -0.05) is 0 Å². The Hall–Kier alpha value is -0.610. The third-order valence-corrected chi connectivity index (χ3v) is 3.72. The van der Waals surface area contributed by atoms with Crippen LogP contribution in [-0.4, -0.2) is 29.7 Å². The van der Waals surface area contributed by atoms with Gasteiger partial charge in [0.1, 0.15) is 0 Å². The van der Waals surface area contributed by atoms with Gasteiger partial charge in [-0.3, -0.25) is 0 Å². The van der Waals surface area contributed by atoms with Crippen LogP contribution in [0.4, 0.5) is 5.13 Å². The van der Waals surface area contributed by atoms with Gasteiger partial charge in [-0.2, -0.15) is 0 Å². The Bertz CT molecular complexity index is 316. The molecule has 0 amide bonds. The van der Waals surface area contributed by atoms with E-state index in [9.17, 15) is 0 Å². The van der Waals surface area contributed by atoms with E-state index in [0.717, 1.165) is 13.1 Å². The highest BCUT2D eigenvalue weighted by Crippen LogP contribution is 2.26. The number of anilines is 1. The van der Waals surface area contributed by atoms with E-state index in [1.165, 1.54) is 18.0 Å². The maximum Gasteiger partial charge on any atom is 0.185 e. The van der Waals surface area contributed by atoms with E-state index in [1.54, 1.807) is 11.3 Å². The van der Waals surface area contributed by atoms with E-state index < -0.39 is 0 Å². The van der Waals surface area contributed by atoms with Crippen LogP contribution in [0, 0.1) is 0 Å². The van der Waals surface area contributed by atoms with Crippen molar-refractivity contribution in [3.8, 4) is 0 Å². The van der Waals surface area contributed by atoms with E-state index in [4.69, 9.17) is 0 Å². The van der Waals surface area contributed by atoms with Crippen molar-refractivity contribution in [1.82, 2.24) is 10.3 Å². The minimum atomic E-state index is 0.205. The molecule has 2 rings (SSSR count). The van der Waals surface area contributed by atoms with Crippen molar-refractivity contribution in [2.75, 3.05) is 18.0 Å². The largest absolute Gasteiger partial charge is 0.344 e. The molecule has 3 nitrogen and oxygen atoms in total. The molecule has 1 aliphatic heterocycles. The van der Waals surface area contributed by atoms with Gasteiger partial charge in [0.2, 0.25) is 0 Å². The van der Waals surface area contributed by atoms with Crippen molar-refractivity contribution in [2.45, 2.75) is 45.2 Å². The molecule has 2 heterocycles. The highest BCUT2D eigenvalue weighted by Gasteiger charge is 2.27. The Morgan fingerprint density at radius 3 is 3.00 bits per heavy atom. The number of aromatic nitrogens is 1. The van der Waals surface area contributed by atoms with E-state index in [0.29, 0.717) is 6.04 Å². The van der Waals surface area contributed by atoms with Crippen molar-refractivity contribution < 1.29 is 0 Å². The molecule has 0 radical (unpaired) electrons. The highest BCUT2D eigenvalue weighted by molar-refractivity contribution is 7.13. The van der Waals surface area contributed by atoms with Crippen LogP contribution < -0.4 is 10.2 Å². The second kappa shape index (κ2) is 4.72. The van der Waals surface area contributed by atoms with Gasteiger partial charge < -0.3 is 10.2 Å². The molecular formula is C12H21N3S. The molecule has 1 atom stereocenters. The summed E-state index contributed by atoms with van der Waals surface area (Å²) < 4.78 is 0. The van der Waals surface area contributed by atoms with Gasteiger partial charge in [0.05, 0.1) is 0 Å². The molecule has 1 unspecified atom stereocenters. The first-order valence-corrected chi connectivity index (χ1v) is 6.85. The zero-order valence-corrected chi connectivity index (χ0v) is 11.2. The molecule has 0 bridgehead atoms. The molecule has 0 spiro atoms. The van der Waals surface area contributed by atoms with E-state index in [-0.39, 0.29) is 5.54 Å². The molecule has 1 N–H and O–H groups in total. The molecule has 0 saturated carbocycles. The normalized spacial score (nSPS) is 21.7. The average Bonchev–Trinajstić information content (AvgIpc) is 2.84. The van der Waals surface area contributed by atoms with Crippen LogP contribution >= 0.6 is 11.3 Å². The van der Waals surface area contributed by atoms with Crippen LogP contribution in [0.15, 0.2) is 11.6 Å². The topological polar surface area (TPSA) is 28.2 Å². The maximum absolute atomic E-state index is 4.41. The summed E-state index contributed by atoms with van der Waals surface area (Å²) in [5.74, 6) is 0. The van der Waals surface area contributed by atoms with Gasteiger partial charge in [0.25, 0.3) is 0 Å². The van der Waals surface area contributed by atoms with Crippen LogP contribution in [-0.2, 0) is 0 Å². The Morgan fingerprint density at radius 2 is 2.38 bits per heavy atom. The van der Waals surface area contributed by atoms with Crippen molar-refractivity contribution >= 4 is 16.5 Å². The Morgan fingerprint density at radius 1 is 1.56 bits per heavy atom. The lowest BCUT2D eigenvalue weighted by Gasteiger charge is -2.28. The zero-order chi connectivity index (χ0) is 11.6. The van der Waals surface area contributed by atoms with E-state index in [1.807, 2.05) is 6.20 Å². The van der Waals surface area contributed by atoms with Crippen molar-refractivity contribution in [2.24, 2.45) is 0 Å². The fraction of sp³-hybridized carbons (Fsp3) is 0.750. The van der Waals surface area contributed by atoms with Crippen LogP contribution in [0.25, 0.3) is 0 Å². The fourth-order valence-electron chi connectivity index (χ4n) is 2.08. The SMILES string of the molecule is CC(C)(C)NCC1CCCN1c1nccs1. The number of rotatable bonds is 3. The smallest absolute Gasteiger partial charge is 0.185 e. The Kier molecular flexibility index (Phi) is 3.50. The summed E-state index contributed by atoms with van der Waals surface area (Å²) >= 11 is 1.74. The first-order chi connectivity index (χ1) is 7.56. The summed E-state index contributed by atoms with van der Waals surface area (Å²) in [7, 11) is 0. The molecule has 0 aliphatic carbocycles. The lowest BCUT2D eigenvalue weighted by Crippen LogP contribution is -2.45. The summed E-state index contributed by atoms with van der Waals surface area (Å²) in [6.07, 6.45) is 4.46. The van der Waals surface area contributed by atoms with Crippen LogP contribution in [0.5, 0.6) is 0 Å². The molecule has 1 saturated heterocycles. The maximum atomic E-state index is 4.41. The predicted molar refractivity (Wildman–Crippen MR) is 70.2 cm³/mol. The molecule has 4 heteroatoms. The fourth-order valence-corrected chi connectivity index (χ4v) is 2.82. The first kappa shape index (κ1) is 11.9. The summed E-state index contributed by atoms with van der Waals surface area (Å²) in [4.78, 5) is 6.86. The van der Waals surface area contributed by atoms with Crippen LogP contribution in [0.1, 0.15) is 33.6 Å². The second-order valence-corrected chi connectivity index (χ2v) is 6.31. The predicted octanol–water partition coefficient (Wildman–Crippen LogP) is 2.50. The van der Waals surface area contributed by atoms with Gasteiger partial charge in [-0.15, -0.1) is 11.3 Å². The van der Waals surface area contributed by atoms with Crippen LogP contribution in [0.2, 0.25) is 0 Å². The molecule has 1 aromatic heterocycles. The number of hydrogen-bond acceptors (Lipinski definition) is 4. The monoisotopic (exact) mass is 239 g/mol. The van der Waals surface area contributed by atoms with Gasteiger partial charge in [-0.25, -0.2) is 4.98 Å². The molecular weight excluding hydrogens is 218 g/mol. The quantitative estimate of drug-likeness (QED) is 0.878. The van der Waals surface area contributed by atoms with Crippen molar-refractivity contribution in [3.05, 3.63) is 11.6 Å². The lowest BCUT2D eigenvalue weighted by molar-refractivity contribution is 0.405. The third kappa shape index (κ3) is 2.95. The Labute approximate surface area is 102 Å². The third-order valence-electron chi connectivity index (χ3n) is 2.91. The van der Waals surface area contributed by atoms with E-state index in [2.05, 4.69) is 41.4 Å². The summed E-state index contributed by atoms with van der Waals surface area (Å²) in [6, 6.07) is 0.616. The van der Waals surface area contributed by atoms with Gasteiger partial charge >= 0.3 is 0 Å². The number of thiazole rings is 1. The second-order valence-electron chi connectivity index (χ2n) is 5.44. The van der Waals surface area contributed by atoms with Gasteiger partial charge in [0, 0.05) is 36.2 Å². The molecule has 1 aromatic rings. The van der Waals surface area contributed by atoms with E-state index >= 15 is 0 Å². The molecule has 1 fully saturated rings. The van der Waals surface area contributed by atoms with Gasteiger partial charge in [0.15, 0.2) is 5.13 Å². The molecule has 1 aliphatic rings. The first-order valence-electron chi connectivity index (χ1n) is 5.97. The van der Waals surface area contributed by atoms with Crippen molar-refractivity contribution in [3.63, 3.8) is 0 Å².